The zero-order valence-corrected chi connectivity index (χ0v) is 14.0. The number of halogens is 3. The first-order chi connectivity index (χ1) is 11.6. The van der Waals surface area contributed by atoms with Gasteiger partial charge in [-0.1, -0.05) is 19.1 Å². The number of carbonyl (C=O) groups is 1. The molecule has 134 valence electrons. The number of alkyl halides is 3. The van der Waals surface area contributed by atoms with Crippen LogP contribution in [0.4, 0.5) is 18.9 Å². The number of hydrogen-bond donors (Lipinski definition) is 1. The summed E-state index contributed by atoms with van der Waals surface area (Å²) < 4.78 is 40.4. The van der Waals surface area contributed by atoms with Gasteiger partial charge in [-0.05, 0) is 38.5 Å². The van der Waals surface area contributed by atoms with Crippen molar-refractivity contribution in [3.8, 4) is 0 Å². The lowest BCUT2D eigenvalue weighted by atomic mass is 10.1. The molecule has 0 radical (unpaired) electrons. The number of benzene rings is 1. The molecule has 5 nitrogen and oxygen atoms in total. The predicted molar refractivity (Wildman–Crippen MR) is 87.4 cm³/mol. The van der Waals surface area contributed by atoms with E-state index in [1.807, 2.05) is 0 Å². The Labute approximate surface area is 142 Å². The van der Waals surface area contributed by atoms with Gasteiger partial charge >= 0.3 is 11.9 Å². The Morgan fingerprint density at radius 3 is 2.48 bits per heavy atom. The van der Waals surface area contributed by atoms with Crippen molar-refractivity contribution in [2.24, 2.45) is 0 Å². The molecule has 1 amide bonds. The number of carbonyl (C=O) groups excluding carboxylic acids is 1. The molecule has 0 aliphatic carbocycles. The van der Waals surface area contributed by atoms with E-state index >= 15 is 0 Å². The van der Waals surface area contributed by atoms with Crippen LogP contribution in [-0.2, 0) is 11.0 Å². The second-order valence-electron chi connectivity index (χ2n) is 5.65. The monoisotopic (exact) mass is 353 g/mol. The Bertz CT molecular complexity index is 844. The number of aromatic nitrogens is 2. The minimum absolute atomic E-state index is 0.228. The van der Waals surface area contributed by atoms with Gasteiger partial charge in [0.05, 0.1) is 11.3 Å². The Morgan fingerprint density at radius 1 is 1.28 bits per heavy atom. The van der Waals surface area contributed by atoms with Crippen LogP contribution in [0.15, 0.2) is 35.1 Å². The van der Waals surface area contributed by atoms with Gasteiger partial charge in [-0.3, -0.25) is 9.36 Å². The van der Waals surface area contributed by atoms with Crippen molar-refractivity contribution < 1.29 is 18.0 Å². The SMILES string of the molecule is CC[C@@H](C(=O)Nc1ccccc1C(F)(F)F)n1c(C)cc(C)nc1=O. The molecule has 8 heteroatoms. The van der Waals surface area contributed by atoms with Crippen molar-refractivity contribution in [2.45, 2.75) is 39.4 Å². The molecule has 0 bridgehead atoms. The van der Waals surface area contributed by atoms with Crippen LogP contribution in [0.2, 0.25) is 0 Å². The minimum Gasteiger partial charge on any atom is -0.324 e. The summed E-state index contributed by atoms with van der Waals surface area (Å²) in [6.07, 6.45) is -4.37. The van der Waals surface area contributed by atoms with E-state index in [0.717, 1.165) is 6.07 Å². The largest absolute Gasteiger partial charge is 0.418 e. The van der Waals surface area contributed by atoms with Gasteiger partial charge in [-0.15, -0.1) is 0 Å². The molecular weight excluding hydrogens is 335 g/mol. The van der Waals surface area contributed by atoms with Crippen molar-refractivity contribution in [2.75, 3.05) is 5.32 Å². The van der Waals surface area contributed by atoms with Gasteiger partial charge < -0.3 is 5.32 Å². The van der Waals surface area contributed by atoms with Crippen LogP contribution in [0.1, 0.15) is 36.3 Å². The van der Waals surface area contributed by atoms with E-state index in [0.29, 0.717) is 11.4 Å². The number of nitrogens with one attached hydrogen (secondary N) is 1. The highest BCUT2D eigenvalue weighted by molar-refractivity contribution is 5.94. The van der Waals surface area contributed by atoms with Crippen molar-refractivity contribution in [3.05, 3.63) is 57.8 Å². The zero-order valence-electron chi connectivity index (χ0n) is 14.0. The van der Waals surface area contributed by atoms with Gasteiger partial charge in [0.25, 0.3) is 0 Å². The quantitative estimate of drug-likeness (QED) is 0.915. The number of rotatable bonds is 4. The molecule has 1 atom stereocenters. The summed E-state index contributed by atoms with van der Waals surface area (Å²) in [5.41, 5.74) is -0.864. The lowest BCUT2D eigenvalue weighted by Gasteiger charge is -2.21. The van der Waals surface area contributed by atoms with Crippen LogP contribution >= 0.6 is 0 Å². The maximum Gasteiger partial charge on any atom is 0.418 e. The maximum absolute atomic E-state index is 13.1. The number of anilines is 1. The summed E-state index contributed by atoms with van der Waals surface area (Å²) in [6.45, 7) is 4.97. The van der Waals surface area contributed by atoms with E-state index in [9.17, 15) is 22.8 Å². The summed E-state index contributed by atoms with van der Waals surface area (Å²) in [7, 11) is 0. The highest BCUT2D eigenvalue weighted by Crippen LogP contribution is 2.34. The van der Waals surface area contributed by atoms with E-state index in [-0.39, 0.29) is 12.1 Å². The van der Waals surface area contributed by atoms with Crippen LogP contribution in [-0.4, -0.2) is 15.5 Å². The predicted octanol–water partition coefficient (Wildman–Crippen LogP) is 3.47. The molecule has 1 aromatic heterocycles. The fourth-order valence-corrected chi connectivity index (χ4v) is 2.68. The summed E-state index contributed by atoms with van der Waals surface area (Å²) in [6, 6.07) is 5.39. The van der Waals surface area contributed by atoms with Crippen LogP contribution in [0.3, 0.4) is 0 Å². The third-order valence-electron chi connectivity index (χ3n) is 3.77. The molecule has 1 N–H and O–H groups in total. The second-order valence-corrected chi connectivity index (χ2v) is 5.65. The third-order valence-corrected chi connectivity index (χ3v) is 3.77. The molecule has 0 saturated carbocycles. The Hall–Kier alpha value is -2.64. The van der Waals surface area contributed by atoms with Crippen molar-refractivity contribution >= 4 is 11.6 Å². The Balaban J connectivity index is 2.39. The van der Waals surface area contributed by atoms with Crippen molar-refractivity contribution in [1.82, 2.24) is 9.55 Å². The topological polar surface area (TPSA) is 64.0 Å². The minimum atomic E-state index is -4.59. The Kier molecular flexibility index (Phi) is 5.30. The fraction of sp³-hybridized carbons (Fsp3) is 0.353. The molecule has 0 saturated heterocycles. The van der Waals surface area contributed by atoms with Crippen LogP contribution < -0.4 is 11.0 Å². The molecule has 0 unspecified atom stereocenters. The first-order valence-corrected chi connectivity index (χ1v) is 7.69. The van der Waals surface area contributed by atoms with Gasteiger partial charge in [-0.2, -0.15) is 18.2 Å². The fourth-order valence-electron chi connectivity index (χ4n) is 2.68. The molecule has 1 heterocycles. The van der Waals surface area contributed by atoms with Crippen LogP contribution in [0.25, 0.3) is 0 Å². The van der Waals surface area contributed by atoms with E-state index in [1.165, 1.54) is 22.8 Å². The standard InChI is InChI=1S/C17H18F3N3O2/c1-4-14(23-11(3)9-10(2)21-16(23)25)15(24)22-13-8-6-5-7-12(13)17(18,19)20/h5-9,14H,4H2,1-3H3,(H,22,24)/t14-/m0/s1. The third kappa shape index (κ3) is 4.07. The molecule has 1 aromatic carbocycles. The molecule has 0 aliphatic rings. The number of hydrogen-bond acceptors (Lipinski definition) is 3. The van der Waals surface area contributed by atoms with Crippen LogP contribution in [0.5, 0.6) is 0 Å². The average Bonchev–Trinajstić information content (AvgIpc) is 2.50. The number of nitrogens with zero attached hydrogens (tertiary/aromatic N) is 2. The molecule has 25 heavy (non-hydrogen) atoms. The van der Waals surface area contributed by atoms with Gasteiger partial charge in [0.2, 0.25) is 5.91 Å². The highest BCUT2D eigenvalue weighted by Gasteiger charge is 2.34. The van der Waals surface area contributed by atoms with Crippen molar-refractivity contribution in [1.29, 1.82) is 0 Å². The van der Waals surface area contributed by atoms with E-state index in [1.54, 1.807) is 26.8 Å². The molecule has 0 fully saturated rings. The van der Waals surface area contributed by atoms with Gasteiger partial charge in [0, 0.05) is 11.4 Å². The lowest BCUT2D eigenvalue weighted by molar-refractivity contribution is -0.137. The average molecular weight is 353 g/mol. The zero-order chi connectivity index (χ0) is 18.8. The summed E-state index contributed by atoms with van der Waals surface area (Å²) in [5, 5.41) is 2.29. The smallest absolute Gasteiger partial charge is 0.324 e. The van der Waals surface area contributed by atoms with E-state index in [2.05, 4.69) is 10.3 Å². The molecular formula is C17H18F3N3O2. The summed E-state index contributed by atoms with van der Waals surface area (Å²) in [4.78, 5) is 28.5. The second kappa shape index (κ2) is 7.08. The Morgan fingerprint density at radius 2 is 1.92 bits per heavy atom. The number of aryl methyl sites for hydroxylation is 2. The van der Waals surface area contributed by atoms with Gasteiger partial charge in [0.1, 0.15) is 6.04 Å². The maximum atomic E-state index is 13.1. The number of para-hydroxylation sites is 1. The molecule has 0 spiro atoms. The first-order valence-electron chi connectivity index (χ1n) is 7.69. The highest BCUT2D eigenvalue weighted by atomic mass is 19.4. The summed E-state index contributed by atoms with van der Waals surface area (Å²) in [5.74, 6) is -0.699. The van der Waals surface area contributed by atoms with Crippen LogP contribution in [0, 0.1) is 13.8 Å². The van der Waals surface area contributed by atoms with Gasteiger partial charge in [-0.25, -0.2) is 4.79 Å². The van der Waals surface area contributed by atoms with Gasteiger partial charge in [0.15, 0.2) is 0 Å². The molecule has 0 aliphatic heterocycles. The first kappa shape index (κ1) is 18.7. The lowest BCUT2D eigenvalue weighted by Crippen LogP contribution is -2.36. The number of amides is 1. The van der Waals surface area contributed by atoms with E-state index in [4.69, 9.17) is 0 Å². The summed E-state index contributed by atoms with van der Waals surface area (Å²) >= 11 is 0. The molecule has 2 aromatic rings. The van der Waals surface area contributed by atoms with E-state index < -0.39 is 29.4 Å². The van der Waals surface area contributed by atoms with Crippen molar-refractivity contribution in [3.63, 3.8) is 0 Å². The molecule has 2 rings (SSSR count). The normalized spacial score (nSPS) is 12.7.